The number of halogens is 2. The van der Waals surface area contributed by atoms with Crippen molar-refractivity contribution in [2.75, 3.05) is 18.0 Å². The van der Waals surface area contributed by atoms with E-state index in [9.17, 15) is 14.0 Å². The van der Waals surface area contributed by atoms with Crippen molar-refractivity contribution < 1.29 is 4.39 Å². The maximum absolute atomic E-state index is 14.8. The topological polar surface area (TPSA) is 65.1 Å². The number of anilines is 1. The maximum Gasteiger partial charge on any atom is 0.332 e. The van der Waals surface area contributed by atoms with Crippen molar-refractivity contribution in [3.05, 3.63) is 55.4 Å². The van der Waals surface area contributed by atoms with Gasteiger partial charge in [-0.2, -0.15) is 4.98 Å². The van der Waals surface area contributed by atoms with E-state index < -0.39 is 5.82 Å². The van der Waals surface area contributed by atoms with Crippen LogP contribution in [0.3, 0.4) is 0 Å². The van der Waals surface area contributed by atoms with Gasteiger partial charge in [0.05, 0.1) is 6.54 Å². The molecule has 0 spiro atoms. The number of piperidine rings is 1. The lowest BCUT2D eigenvalue weighted by atomic mass is 10.1. The van der Waals surface area contributed by atoms with Crippen molar-refractivity contribution in [1.82, 2.24) is 18.7 Å². The fourth-order valence-corrected chi connectivity index (χ4v) is 4.77. The third kappa shape index (κ3) is 5.32. The third-order valence-corrected chi connectivity index (χ3v) is 6.66. The largest absolute Gasteiger partial charge is 0.342 e. The Balaban J connectivity index is 0.00000167. The molecule has 35 heavy (non-hydrogen) atoms. The molecule has 192 valence electrons. The van der Waals surface area contributed by atoms with Crippen LogP contribution < -0.4 is 16.1 Å². The highest BCUT2D eigenvalue weighted by atomic mass is 35.5. The number of hydrogen-bond acceptors (Lipinski definition) is 4. The number of hydrogen-bond donors (Lipinski definition) is 0. The van der Waals surface area contributed by atoms with Gasteiger partial charge in [0.2, 0.25) is 5.95 Å². The first kappa shape index (κ1) is 27.0. The molecule has 0 atom stereocenters. The number of imidazole rings is 1. The highest BCUT2D eigenvalue weighted by Crippen LogP contribution is 2.28. The van der Waals surface area contributed by atoms with Gasteiger partial charge < -0.3 is 4.90 Å². The van der Waals surface area contributed by atoms with E-state index in [0.717, 1.165) is 38.8 Å². The Morgan fingerprint density at radius 3 is 2.37 bits per heavy atom. The quantitative estimate of drug-likeness (QED) is 0.419. The molecule has 4 rings (SSSR count). The van der Waals surface area contributed by atoms with E-state index in [2.05, 4.69) is 4.90 Å². The lowest BCUT2D eigenvalue weighted by molar-refractivity contribution is 0.509. The fourth-order valence-electron chi connectivity index (χ4n) is 4.55. The molecule has 1 aromatic carbocycles. The van der Waals surface area contributed by atoms with Crippen LogP contribution in [-0.4, -0.2) is 31.8 Å². The first-order valence-electron chi connectivity index (χ1n) is 12.8. The minimum atomic E-state index is -0.433. The van der Waals surface area contributed by atoms with Crippen molar-refractivity contribution in [2.24, 2.45) is 0 Å². The highest BCUT2D eigenvalue weighted by Gasteiger charge is 2.27. The van der Waals surface area contributed by atoms with Crippen molar-refractivity contribution in [2.45, 2.75) is 85.9 Å². The Kier molecular flexibility index (Phi) is 9.16. The maximum atomic E-state index is 14.8. The second-order valence-electron chi connectivity index (χ2n) is 8.97. The minimum Gasteiger partial charge on any atom is -0.342 e. The molecule has 1 aliphatic rings. The molecule has 9 heteroatoms. The van der Waals surface area contributed by atoms with E-state index in [-0.39, 0.29) is 23.8 Å². The smallest absolute Gasteiger partial charge is 0.332 e. The summed E-state index contributed by atoms with van der Waals surface area (Å²) in [5.74, 6) is 0.153. The molecular formula is C26H37ClFN5O2. The van der Waals surface area contributed by atoms with E-state index in [1.807, 2.05) is 34.6 Å². The molecule has 0 unspecified atom stereocenters. The fraction of sp³-hybridized carbons (Fsp3) is 0.577. The number of aromatic nitrogens is 4. The Labute approximate surface area is 211 Å². The first-order chi connectivity index (χ1) is 16.8. The molecule has 0 bridgehead atoms. The van der Waals surface area contributed by atoms with Gasteiger partial charge in [0.15, 0.2) is 11.2 Å². The van der Waals surface area contributed by atoms with Gasteiger partial charge in [-0.1, -0.05) is 44.9 Å². The second-order valence-corrected chi connectivity index (χ2v) is 9.38. The van der Waals surface area contributed by atoms with Gasteiger partial charge >= 0.3 is 5.69 Å². The van der Waals surface area contributed by atoms with Gasteiger partial charge in [-0.25, -0.2) is 9.18 Å². The van der Waals surface area contributed by atoms with Crippen molar-refractivity contribution in [3.63, 3.8) is 0 Å². The average molecular weight is 506 g/mol. The number of unbranched alkanes of at least 4 members (excludes halogenated alkanes) is 1. The van der Waals surface area contributed by atoms with Crippen LogP contribution in [-0.2, 0) is 13.1 Å². The van der Waals surface area contributed by atoms with E-state index in [1.165, 1.54) is 10.6 Å². The summed E-state index contributed by atoms with van der Waals surface area (Å²) >= 11 is 6.36. The van der Waals surface area contributed by atoms with E-state index in [4.69, 9.17) is 16.6 Å². The lowest BCUT2D eigenvalue weighted by Crippen LogP contribution is -2.41. The summed E-state index contributed by atoms with van der Waals surface area (Å²) in [7, 11) is 0. The zero-order chi connectivity index (χ0) is 25.7. The number of nitrogens with zero attached hydrogens (tertiary/aromatic N) is 5. The predicted molar refractivity (Wildman–Crippen MR) is 141 cm³/mol. The Morgan fingerprint density at radius 1 is 1.09 bits per heavy atom. The summed E-state index contributed by atoms with van der Waals surface area (Å²) in [6.07, 6.45) is 4.74. The van der Waals surface area contributed by atoms with Gasteiger partial charge in [0.1, 0.15) is 5.82 Å². The molecule has 0 radical (unpaired) electrons. The zero-order valence-electron chi connectivity index (χ0n) is 21.5. The Hall–Kier alpha value is -2.61. The summed E-state index contributed by atoms with van der Waals surface area (Å²) in [5, 5.41) is 0.296. The van der Waals surface area contributed by atoms with Crippen molar-refractivity contribution in [3.8, 4) is 0 Å². The third-order valence-electron chi connectivity index (χ3n) is 6.31. The van der Waals surface area contributed by atoms with E-state index >= 15 is 0 Å². The van der Waals surface area contributed by atoms with Gasteiger partial charge in [-0.05, 0) is 51.7 Å². The Bertz CT molecular complexity index is 1250. The number of rotatable bonds is 7. The van der Waals surface area contributed by atoms with Crippen molar-refractivity contribution in [1.29, 1.82) is 0 Å². The van der Waals surface area contributed by atoms with Gasteiger partial charge in [-0.3, -0.25) is 18.5 Å². The lowest BCUT2D eigenvalue weighted by Gasteiger charge is -2.28. The van der Waals surface area contributed by atoms with Crippen LogP contribution >= 0.6 is 11.6 Å². The molecule has 2 aromatic heterocycles. The summed E-state index contributed by atoms with van der Waals surface area (Å²) in [5.41, 5.74) is 0.233. The van der Waals surface area contributed by atoms with Gasteiger partial charge in [0, 0.05) is 36.3 Å². The molecule has 3 aromatic rings. The summed E-state index contributed by atoms with van der Waals surface area (Å²) in [6, 6.07) is 4.38. The Morgan fingerprint density at radius 2 is 1.77 bits per heavy atom. The van der Waals surface area contributed by atoms with Crippen LogP contribution in [0.2, 0.25) is 5.02 Å². The molecule has 1 aliphatic heterocycles. The summed E-state index contributed by atoms with van der Waals surface area (Å²) in [6.45, 7) is 11.8. The second kappa shape index (κ2) is 11.9. The molecule has 0 aliphatic carbocycles. The van der Waals surface area contributed by atoms with Crippen LogP contribution in [0.1, 0.15) is 78.3 Å². The van der Waals surface area contributed by atoms with Crippen LogP contribution in [0.15, 0.2) is 27.8 Å². The van der Waals surface area contributed by atoms with Gasteiger partial charge in [-0.15, -0.1) is 0 Å². The molecular weight excluding hydrogens is 469 g/mol. The van der Waals surface area contributed by atoms with Crippen molar-refractivity contribution >= 4 is 28.7 Å². The molecule has 1 fully saturated rings. The average Bonchev–Trinajstić information content (AvgIpc) is 3.22. The van der Waals surface area contributed by atoms with E-state index in [0.29, 0.717) is 40.7 Å². The molecule has 1 saturated heterocycles. The van der Waals surface area contributed by atoms with Crippen LogP contribution in [0.4, 0.5) is 10.3 Å². The monoisotopic (exact) mass is 505 g/mol. The zero-order valence-corrected chi connectivity index (χ0v) is 22.2. The molecule has 7 nitrogen and oxygen atoms in total. The van der Waals surface area contributed by atoms with E-state index in [1.54, 1.807) is 21.3 Å². The van der Waals surface area contributed by atoms with Gasteiger partial charge in [0.25, 0.3) is 5.56 Å². The molecule has 0 amide bonds. The SMILES string of the molecule is CC.CCCCn1c(=O)c2c(nc(N3CCCCC3)n2Cc2c(F)cccc2Cl)n(C(C)C)c1=O. The predicted octanol–water partition coefficient (Wildman–Crippen LogP) is 5.60. The summed E-state index contributed by atoms with van der Waals surface area (Å²) in [4.78, 5) is 33.9. The summed E-state index contributed by atoms with van der Waals surface area (Å²) < 4.78 is 19.4. The normalized spacial score (nSPS) is 13.9. The standard InChI is InChI=1S/C24H31ClFN5O2.C2H6/c1-4-5-14-29-22(32)20-21(31(16(2)3)24(29)33)27-23(28-12-7-6-8-13-28)30(20)15-17-18(25)10-9-11-19(17)26;1-2/h9-11,16H,4-8,12-15H2,1-3H3;1-2H3. The number of fused-ring (bicyclic) bond motifs is 1. The minimum absolute atomic E-state index is 0.0627. The van der Waals surface area contributed by atoms with Crippen LogP contribution in [0.5, 0.6) is 0 Å². The van der Waals surface area contributed by atoms with Crippen LogP contribution in [0.25, 0.3) is 11.2 Å². The molecule has 0 saturated carbocycles. The highest BCUT2D eigenvalue weighted by molar-refractivity contribution is 6.31. The molecule has 0 N–H and O–H groups in total. The number of benzene rings is 1. The molecule has 3 heterocycles. The first-order valence-corrected chi connectivity index (χ1v) is 13.2. The van der Waals surface area contributed by atoms with Crippen LogP contribution in [0, 0.1) is 5.82 Å².